The van der Waals surface area contributed by atoms with Gasteiger partial charge < -0.3 is 4.90 Å². The first kappa shape index (κ1) is 17.4. The fourth-order valence-corrected chi connectivity index (χ4v) is 3.36. The van der Waals surface area contributed by atoms with E-state index in [1.807, 2.05) is 24.3 Å². The highest BCUT2D eigenvalue weighted by molar-refractivity contribution is 5.99. The zero-order valence-corrected chi connectivity index (χ0v) is 14.5. The topological polar surface area (TPSA) is 32.3 Å². The SMILES string of the molecule is O=C1c2ccccc2[C@@H](NCc2ccc(F)cc2)N1Cc1ccc(F)cc1. The van der Waals surface area contributed by atoms with Gasteiger partial charge in [0.15, 0.2) is 0 Å². The number of hydrogen-bond acceptors (Lipinski definition) is 2. The van der Waals surface area contributed by atoms with E-state index in [1.54, 1.807) is 29.2 Å². The van der Waals surface area contributed by atoms with E-state index >= 15 is 0 Å². The lowest BCUT2D eigenvalue weighted by Crippen LogP contribution is -2.36. The summed E-state index contributed by atoms with van der Waals surface area (Å²) in [6, 6.07) is 19.9. The molecule has 3 aromatic rings. The van der Waals surface area contributed by atoms with Crippen LogP contribution in [-0.2, 0) is 13.1 Å². The van der Waals surface area contributed by atoms with E-state index in [4.69, 9.17) is 0 Å². The first-order valence-corrected chi connectivity index (χ1v) is 8.74. The predicted molar refractivity (Wildman–Crippen MR) is 98.7 cm³/mol. The van der Waals surface area contributed by atoms with E-state index in [0.717, 1.165) is 16.7 Å². The number of rotatable bonds is 5. The first-order chi connectivity index (χ1) is 13.1. The Kier molecular flexibility index (Phi) is 4.69. The van der Waals surface area contributed by atoms with Crippen LogP contribution in [0.5, 0.6) is 0 Å². The fourth-order valence-electron chi connectivity index (χ4n) is 3.36. The van der Waals surface area contributed by atoms with Crippen LogP contribution in [0.1, 0.15) is 33.2 Å². The average molecular weight is 364 g/mol. The van der Waals surface area contributed by atoms with Gasteiger partial charge in [-0.2, -0.15) is 0 Å². The summed E-state index contributed by atoms with van der Waals surface area (Å²) in [6.45, 7) is 0.862. The molecule has 0 saturated carbocycles. The van der Waals surface area contributed by atoms with Gasteiger partial charge in [-0.3, -0.25) is 10.1 Å². The zero-order chi connectivity index (χ0) is 18.8. The highest BCUT2D eigenvalue weighted by atomic mass is 19.1. The second-order valence-corrected chi connectivity index (χ2v) is 6.56. The Morgan fingerprint density at radius 1 is 0.815 bits per heavy atom. The minimum absolute atomic E-state index is 0.0634. The molecule has 1 aliphatic rings. The molecule has 3 aromatic carbocycles. The molecule has 1 heterocycles. The van der Waals surface area contributed by atoms with Crippen LogP contribution in [-0.4, -0.2) is 10.8 Å². The lowest BCUT2D eigenvalue weighted by atomic mass is 10.1. The number of nitrogens with zero attached hydrogens (tertiary/aromatic N) is 1. The van der Waals surface area contributed by atoms with E-state index in [-0.39, 0.29) is 23.7 Å². The van der Waals surface area contributed by atoms with Gasteiger partial charge in [-0.1, -0.05) is 42.5 Å². The van der Waals surface area contributed by atoms with Crippen molar-refractivity contribution in [3.8, 4) is 0 Å². The molecule has 27 heavy (non-hydrogen) atoms. The molecule has 0 saturated heterocycles. The van der Waals surface area contributed by atoms with E-state index in [2.05, 4.69) is 5.32 Å². The van der Waals surface area contributed by atoms with Crippen LogP contribution in [0.15, 0.2) is 72.8 Å². The maximum atomic E-state index is 13.2. The molecule has 0 aliphatic carbocycles. The van der Waals surface area contributed by atoms with Crippen LogP contribution in [0.25, 0.3) is 0 Å². The monoisotopic (exact) mass is 364 g/mol. The van der Waals surface area contributed by atoms with Gasteiger partial charge >= 0.3 is 0 Å². The number of nitrogens with one attached hydrogen (secondary N) is 1. The van der Waals surface area contributed by atoms with Gasteiger partial charge in [-0.05, 0) is 41.5 Å². The van der Waals surface area contributed by atoms with E-state index in [9.17, 15) is 13.6 Å². The Morgan fingerprint density at radius 2 is 1.41 bits per heavy atom. The summed E-state index contributed by atoms with van der Waals surface area (Å²) >= 11 is 0. The molecule has 0 spiro atoms. The molecule has 3 nitrogen and oxygen atoms in total. The maximum Gasteiger partial charge on any atom is 0.256 e. The van der Waals surface area contributed by atoms with Gasteiger partial charge in [0, 0.05) is 24.2 Å². The number of benzene rings is 3. The lowest BCUT2D eigenvalue weighted by molar-refractivity contribution is 0.0675. The normalized spacial score (nSPS) is 15.9. The number of carbonyl (C=O) groups excluding carboxylic acids is 1. The molecule has 0 radical (unpaired) electrons. The molecule has 0 unspecified atom stereocenters. The van der Waals surface area contributed by atoms with Crippen LogP contribution in [0, 0.1) is 11.6 Å². The molecule has 4 rings (SSSR count). The van der Waals surface area contributed by atoms with Gasteiger partial charge in [-0.25, -0.2) is 8.78 Å². The third kappa shape index (κ3) is 3.59. The number of fused-ring (bicyclic) bond motifs is 1. The van der Waals surface area contributed by atoms with Crippen molar-refractivity contribution < 1.29 is 13.6 Å². The maximum absolute atomic E-state index is 13.2. The van der Waals surface area contributed by atoms with E-state index < -0.39 is 0 Å². The van der Waals surface area contributed by atoms with Crippen LogP contribution < -0.4 is 5.32 Å². The third-order valence-electron chi connectivity index (χ3n) is 4.74. The smallest absolute Gasteiger partial charge is 0.256 e. The highest BCUT2D eigenvalue weighted by Gasteiger charge is 2.35. The van der Waals surface area contributed by atoms with Gasteiger partial charge in [-0.15, -0.1) is 0 Å². The van der Waals surface area contributed by atoms with Gasteiger partial charge in [0.05, 0.1) is 0 Å². The third-order valence-corrected chi connectivity index (χ3v) is 4.74. The van der Waals surface area contributed by atoms with E-state index in [0.29, 0.717) is 18.7 Å². The Hall–Kier alpha value is -3.05. The standard InChI is InChI=1S/C22H18F2N2O/c23-17-9-5-15(6-10-17)13-25-21-19-3-1-2-4-20(19)22(27)26(21)14-16-7-11-18(24)12-8-16/h1-12,21,25H,13-14H2/t21-/m0/s1. The molecule has 1 amide bonds. The van der Waals surface area contributed by atoms with Crippen molar-refractivity contribution >= 4 is 5.91 Å². The Morgan fingerprint density at radius 3 is 2.07 bits per heavy atom. The number of carbonyl (C=O) groups is 1. The van der Waals surface area contributed by atoms with Gasteiger partial charge in [0.25, 0.3) is 5.91 Å². The summed E-state index contributed by atoms with van der Waals surface area (Å²) in [5, 5.41) is 3.39. The first-order valence-electron chi connectivity index (χ1n) is 8.74. The zero-order valence-electron chi connectivity index (χ0n) is 14.5. The minimum atomic E-state index is -0.305. The Bertz CT molecular complexity index is 955. The Balaban J connectivity index is 1.58. The summed E-state index contributed by atoms with van der Waals surface area (Å²) in [7, 11) is 0. The molecular formula is C22H18F2N2O. The van der Waals surface area contributed by atoms with Crippen molar-refractivity contribution in [2.75, 3.05) is 0 Å². The molecule has 1 N–H and O–H groups in total. The second kappa shape index (κ2) is 7.29. The summed E-state index contributed by atoms with van der Waals surface area (Å²) in [4.78, 5) is 14.6. The number of hydrogen-bond donors (Lipinski definition) is 1. The molecule has 5 heteroatoms. The van der Waals surface area contributed by atoms with Crippen molar-refractivity contribution in [1.82, 2.24) is 10.2 Å². The number of amides is 1. The molecule has 0 bridgehead atoms. The van der Waals surface area contributed by atoms with Crippen molar-refractivity contribution in [3.63, 3.8) is 0 Å². The average Bonchev–Trinajstić information content (AvgIpc) is 2.95. The quantitative estimate of drug-likeness (QED) is 0.727. The molecule has 136 valence electrons. The summed E-state index contributed by atoms with van der Waals surface area (Å²) in [5.74, 6) is -0.648. The largest absolute Gasteiger partial charge is 0.315 e. The highest BCUT2D eigenvalue weighted by Crippen LogP contribution is 2.33. The second-order valence-electron chi connectivity index (χ2n) is 6.56. The van der Waals surface area contributed by atoms with Crippen LogP contribution in [0.2, 0.25) is 0 Å². The van der Waals surface area contributed by atoms with Gasteiger partial charge in [0.2, 0.25) is 0 Å². The van der Waals surface area contributed by atoms with Crippen molar-refractivity contribution in [2.24, 2.45) is 0 Å². The number of halogens is 2. The van der Waals surface area contributed by atoms with Gasteiger partial charge in [0.1, 0.15) is 17.8 Å². The summed E-state index contributed by atoms with van der Waals surface area (Å²) < 4.78 is 26.3. The van der Waals surface area contributed by atoms with Crippen LogP contribution >= 0.6 is 0 Å². The molecule has 0 aromatic heterocycles. The minimum Gasteiger partial charge on any atom is -0.315 e. The van der Waals surface area contributed by atoms with Crippen LogP contribution in [0.4, 0.5) is 8.78 Å². The lowest BCUT2D eigenvalue weighted by Gasteiger charge is -2.26. The summed E-state index contributed by atoms with van der Waals surface area (Å²) in [6.07, 6.45) is -0.302. The van der Waals surface area contributed by atoms with Crippen molar-refractivity contribution in [1.29, 1.82) is 0 Å². The Labute approximate surface area is 156 Å². The van der Waals surface area contributed by atoms with Crippen LogP contribution in [0.3, 0.4) is 0 Å². The van der Waals surface area contributed by atoms with E-state index in [1.165, 1.54) is 24.3 Å². The van der Waals surface area contributed by atoms with Crippen molar-refractivity contribution in [2.45, 2.75) is 19.3 Å². The predicted octanol–water partition coefficient (Wildman–Crippen LogP) is 4.41. The molecule has 1 aliphatic heterocycles. The fraction of sp³-hybridized carbons (Fsp3) is 0.136. The molecule has 1 atom stereocenters. The molecule has 0 fully saturated rings. The van der Waals surface area contributed by atoms with Crippen molar-refractivity contribution in [3.05, 3.63) is 107 Å². The summed E-state index contributed by atoms with van der Waals surface area (Å²) in [5.41, 5.74) is 3.35. The molecular weight excluding hydrogens is 346 g/mol.